The summed E-state index contributed by atoms with van der Waals surface area (Å²) >= 11 is 5.87. The number of aromatic nitrogens is 4. The van der Waals surface area contributed by atoms with Crippen LogP contribution in [0.1, 0.15) is 22.5 Å². The van der Waals surface area contributed by atoms with Crippen molar-refractivity contribution in [1.29, 1.82) is 0 Å². The van der Waals surface area contributed by atoms with Crippen molar-refractivity contribution in [2.45, 2.75) is 19.4 Å². The van der Waals surface area contributed by atoms with Crippen LogP contribution in [-0.2, 0) is 13.0 Å². The molecule has 2 aromatic heterocycles. The molecule has 0 unspecified atom stereocenters. The maximum absolute atomic E-state index is 11.1. The number of rotatable bonds is 6. The number of halogens is 1. The summed E-state index contributed by atoms with van der Waals surface area (Å²) in [5, 5.41) is 18.7. The van der Waals surface area contributed by atoms with E-state index in [1.54, 1.807) is 10.9 Å². The molecule has 0 aliphatic carbocycles. The van der Waals surface area contributed by atoms with Crippen molar-refractivity contribution < 1.29 is 9.90 Å². The maximum Gasteiger partial charge on any atom is 0.271 e. The highest BCUT2D eigenvalue weighted by Gasteiger charge is 2.12. The van der Waals surface area contributed by atoms with Gasteiger partial charge in [0, 0.05) is 23.3 Å². The van der Waals surface area contributed by atoms with Gasteiger partial charge < -0.3 is 10.8 Å². The first-order valence-corrected chi connectivity index (χ1v) is 8.04. The minimum Gasteiger partial charge on any atom is -0.505 e. The maximum atomic E-state index is 11.1. The average molecular weight is 358 g/mol. The van der Waals surface area contributed by atoms with E-state index in [9.17, 15) is 9.90 Å². The molecule has 7 nitrogen and oxygen atoms in total. The molecule has 0 atom stereocenters. The molecule has 1 amide bonds. The predicted octanol–water partition coefficient (Wildman–Crippen LogP) is 2.43. The number of benzene rings is 1. The van der Waals surface area contributed by atoms with Crippen LogP contribution < -0.4 is 5.73 Å². The fraction of sp³-hybridized carbons (Fsp3) is 0.176. The van der Waals surface area contributed by atoms with Crippen LogP contribution in [0.3, 0.4) is 0 Å². The summed E-state index contributed by atoms with van der Waals surface area (Å²) in [6.45, 7) is 0.703. The van der Waals surface area contributed by atoms with Crippen LogP contribution >= 0.6 is 11.6 Å². The number of hydrogen-bond acceptors (Lipinski definition) is 5. The van der Waals surface area contributed by atoms with Crippen molar-refractivity contribution in [2.75, 3.05) is 0 Å². The molecule has 3 N–H and O–H groups in total. The molecule has 1 aromatic carbocycles. The number of aryl methyl sites for hydroxylation is 2. The largest absolute Gasteiger partial charge is 0.505 e. The van der Waals surface area contributed by atoms with Crippen LogP contribution in [-0.4, -0.2) is 31.0 Å². The van der Waals surface area contributed by atoms with E-state index in [-0.39, 0.29) is 11.4 Å². The first-order valence-electron chi connectivity index (χ1n) is 7.66. The number of aromatic hydroxyl groups is 1. The van der Waals surface area contributed by atoms with Gasteiger partial charge >= 0.3 is 0 Å². The number of nitrogens with zero attached hydrogens (tertiary/aromatic N) is 4. The molecule has 0 aliphatic rings. The first-order chi connectivity index (χ1) is 12.0. The number of carbonyl (C=O) groups excluding carboxylic acids is 1. The van der Waals surface area contributed by atoms with Crippen LogP contribution in [0, 0.1) is 0 Å². The quantitative estimate of drug-likeness (QED) is 0.704. The molecule has 0 spiro atoms. The molecular weight excluding hydrogens is 342 g/mol. The highest BCUT2D eigenvalue weighted by atomic mass is 35.5. The van der Waals surface area contributed by atoms with Gasteiger partial charge in [0.1, 0.15) is 11.4 Å². The average Bonchev–Trinajstić information content (AvgIpc) is 3.05. The fourth-order valence-corrected chi connectivity index (χ4v) is 2.55. The van der Waals surface area contributed by atoms with Crippen LogP contribution in [0.4, 0.5) is 0 Å². The van der Waals surface area contributed by atoms with Crippen molar-refractivity contribution in [3.8, 4) is 17.0 Å². The molecule has 2 heterocycles. The minimum atomic E-state index is -0.782. The highest BCUT2D eigenvalue weighted by Crippen LogP contribution is 2.22. The topological polar surface area (TPSA) is 107 Å². The molecule has 0 fully saturated rings. The third-order valence-electron chi connectivity index (χ3n) is 3.70. The third-order valence-corrected chi connectivity index (χ3v) is 3.95. The van der Waals surface area contributed by atoms with Gasteiger partial charge in [-0.2, -0.15) is 0 Å². The van der Waals surface area contributed by atoms with Gasteiger partial charge in [-0.3, -0.25) is 9.48 Å². The Hall–Kier alpha value is -2.93. The van der Waals surface area contributed by atoms with Gasteiger partial charge in [-0.05, 0) is 36.6 Å². The van der Waals surface area contributed by atoms with E-state index in [2.05, 4.69) is 15.3 Å². The van der Waals surface area contributed by atoms with Gasteiger partial charge in [-0.1, -0.05) is 28.9 Å². The lowest BCUT2D eigenvalue weighted by molar-refractivity contribution is 0.0993. The van der Waals surface area contributed by atoms with E-state index in [4.69, 9.17) is 17.3 Å². The van der Waals surface area contributed by atoms with Gasteiger partial charge in [-0.15, -0.1) is 5.10 Å². The zero-order chi connectivity index (χ0) is 17.8. The number of nitrogens with two attached hydrogens (primary N) is 1. The zero-order valence-corrected chi connectivity index (χ0v) is 14.0. The second-order valence-electron chi connectivity index (χ2n) is 5.55. The lowest BCUT2D eigenvalue weighted by atomic mass is 10.1. The molecule has 0 bridgehead atoms. The molecule has 3 rings (SSSR count). The van der Waals surface area contributed by atoms with Gasteiger partial charge in [-0.25, -0.2) is 4.98 Å². The number of pyridine rings is 1. The normalized spacial score (nSPS) is 10.8. The molecule has 0 saturated carbocycles. The van der Waals surface area contributed by atoms with Gasteiger partial charge in [0.15, 0.2) is 5.69 Å². The molecule has 8 heteroatoms. The lowest BCUT2D eigenvalue weighted by Crippen LogP contribution is -2.13. The SMILES string of the molecule is NC(=O)c1ncc(-c2cn(CCCc3ccc(Cl)cc3)nn2)cc1O. The third kappa shape index (κ3) is 4.13. The van der Waals surface area contributed by atoms with E-state index in [0.717, 1.165) is 17.9 Å². The number of carbonyl (C=O) groups is 1. The molecule has 3 aromatic rings. The molecule has 128 valence electrons. The fourth-order valence-electron chi connectivity index (χ4n) is 2.42. The van der Waals surface area contributed by atoms with Crippen LogP contribution in [0.2, 0.25) is 5.02 Å². The first kappa shape index (κ1) is 16.9. The number of amides is 1. The van der Waals surface area contributed by atoms with Crippen molar-refractivity contribution in [2.24, 2.45) is 5.73 Å². The van der Waals surface area contributed by atoms with Gasteiger partial charge in [0.2, 0.25) is 0 Å². The summed E-state index contributed by atoms with van der Waals surface area (Å²) in [5.74, 6) is -1.06. The van der Waals surface area contributed by atoms with Crippen molar-refractivity contribution in [1.82, 2.24) is 20.0 Å². The Morgan fingerprint density at radius 1 is 1.28 bits per heavy atom. The summed E-state index contributed by atoms with van der Waals surface area (Å²) in [4.78, 5) is 14.9. The van der Waals surface area contributed by atoms with Crippen molar-refractivity contribution in [3.63, 3.8) is 0 Å². The second kappa shape index (κ2) is 7.31. The summed E-state index contributed by atoms with van der Waals surface area (Å²) in [6.07, 6.45) is 5.00. The molecule has 0 radical (unpaired) electrons. The molecule has 0 aliphatic heterocycles. The molecule has 25 heavy (non-hydrogen) atoms. The van der Waals surface area contributed by atoms with Crippen molar-refractivity contribution >= 4 is 17.5 Å². The number of primary amides is 1. The van der Waals surface area contributed by atoms with Gasteiger partial charge in [0.05, 0.1) is 6.20 Å². The summed E-state index contributed by atoms with van der Waals surface area (Å²) < 4.78 is 1.73. The predicted molar refractivity (Wildman–Crippen MR) is 93.2 cm³/mol. The molecular formula is C17H16ClN5O2. The smallest absolute Gasteiger partial charge is 0.271 e. The van der Waals surface area contributed by atoms with Gasteiger partial charge in [0.25, 0.3) is 5.91 Å². The van der Waals surface area contributed by atoms with E-state index in [1.807, 2.05) is 24.3 Å². The van der Waals surface area contributed by atoms with E-state index < -0.39 is 5.91 Å². The van der Waals surface area contributed by atoms with E-state index in [1.165, 1.54) is 17.8 Å². The Morgan fingerprint density at radius 3 is 2.72 bits per heavy atom. The zero-order valence-electron chi connectivity index (χ0n) is 13.3. The Kier molecular flexibility index (Phi) is 4.95. The Bertz CT molecular complexity index is 892. The van der Waals surface area contributed by atoms with Crippen LogP contribution in [0.15, 0.2) is 42.7 Å². The minimum absolute atomic E-state index is 0.167. The summed E-state index contributed by atoms with van der Waals surface area (Å²) in [7, 11) is 0. The lowest BCUT2D eigenvalue weighted by Gasteiger charge is -2.02. The van der Waals surface area contributed by atoms with Crippen LogP contribution in [0.5, 0.6) is 5.75 Å². The van der Waals surface area contributed by atoms with E-state index >= 15 is 0 Å². The highest BCUT2D eigenvalue weighted by molar-refractivity contribution is 6.30. The van der Waals surface area contributed by atoms with Crippen molar-refractivity contribution in [3.05, 3.63) is 59.0 Å². The summed E-state index contributed by atoms with van der Waals surface area (Å²) in [6, 6.07) is 9.15. The van der Waals surface area contributed by atoms with E-state index in [0.29, 0.717) is 17.8 Å². The Morgan fingerprint density at radius 2 is 2.04 bits per heavy atom. The Labute approximate surface area is 149 Å². The van der Waals surface area contributed by atoms with Crippen LogP contribution in [0.25, 0.3) is 11.3 Å². The second-order valence-corrected chi connectivity index (χ2v) is 5.99. The molecule has 0 saturated heterocycles. The number of hydrogen-bond donors (Lipinski definition) is 2. The Balaban J connectivity index is 1.63. The monoisotopic (exact) mass is 357 g/mol. The standard InChI is InChI=1S/C17H16ClN5O2/c18-13-5-3-11(4-6-13)2-1-7-23-10-14(21-22-23)12-8-15(24)16(17(19)25)20-9-12/h3-6,8-10,24H,1-2,7H2,(H2,19,25). The summed E-state index contributed by atoms with van der Waals surface area (Å²) in [5.41, 5.74) is 7.28.